The number of hydrogen-bond acceptors (Lipinski definition) is 2. The molecule has 1 atom stereocenters. The van der Waals surface area contributed by atoms with Gasteiger partial charge in [0.05, 0.1) is 0 Å². The second kappa shape index (κ2) is 4.97. The second-order valence-electron chi connectivity index (χ2n) is 4.07. The summed E-state index contributed by atoms with van der Waals surface area (Å²) >= 11 is 3.36. The van der Waals surface area contributed by atoms with Crippen molar-refractivity contribution >= 4 is 21.8 Å². The molecule has 1 N–H and O–H groups in total. The van der Waals surface area contributed by atoms with Crippen LogP contribution in [0.4, 0.5) is 0 Å². The number of benzene rings is 1. The average molecular weight is 283 g/mol. The van der Waals surface area contributed by atoms with Gasteiger partial charge in [-0.25, -0.2) is 0 Å². The molecule has 0 aliphatic carbocycles. The smallest absolute Gasteiger partial charge is 0.253 e. The van der Waals surface area contributed by atoms with Gasteiger partial charge in [-0.15, -0.1) is 0 Å². The molecule has 0 radical (unpaired) electrons. The van der Waals surface area contributed by atoms with Gasteiger partial charge < -0.3 is 10.2 Å². The van der Waals surface area contributed by atoms with E-state index in [1.54, 1.807) is 0 Å². The standard InChI is InChI=1S/C12H15BrN2O/c1-15(11-6-7-14-8-11)12(16)9-2-4-10(13)5-3-9/h2-5,11,14H,6-8H2,1H3/t11-/m0/s1. The Balaban J connectivity index is 2.08. The van der Waals surface area contributed by atoms with Crippen molar-refractivity contribution in [1.29, 1.82) is 0 Å². The molecule has 3 nitrogen and oxygen atoms in total. The third kappa shape index (κ3) is 2.44. The van der Waals surface area contributed by atoms with Gasteiger partial charge in [0.25, 0.3) is 5.91 Å². The van der Waals surface area contributed by atoms with E-state index in [0.29, 0.717) is 6.04 Å². The lowest BCUT2D eigenvalue weighted by Crippen LogP contribution is -2.38. The zero-order chi connectivity index (χ0) is 11.5. The molecule has 1 aliphatic rings. The third-order valence-electron chi connectivity index (χ3n) is 2.99. The van der Waals surface area contributed by atoms with Gasteiger partial charge in [0.1, 0.15) is 0 Å². The molecule has 1 heterocycles. The molecule has 1 aliphatic heterocycles. The lowest BCUT2D eigenvalue weighted by atomic mass is 10.1. The first-order valence-corrected chi connectivity index (χ1v) is 6.21. The van der Waals surface area contributed by atoms with E-state index in [0.717, 1.165) is 29.5 Å². The van der Waals surface area contributed by atoms with E-state index < -0.39 is 0 Å². The van der Waals surface area contributed by atoms with Gasteiger partial charge in [0, 0.05) is 29.7 Å². The minimum absolute atomic E-state index is 0.0983. The molecule has 2 rings (SSSR count). The minimum Gasteiger partial charge on any atom is -0.337 e. The Labute approximate surface area is 104 Å². The highest BCUT2D eigenvalue weighted by Gasteiger charge is 2.23. The number of halogens is 1. The molecule has 0 saturated carbocycles. The molecule has 0 aromatic heterocycles. The maximum Gasteiger partial charge on any atom is 0.253 e. The van der Waals surface area contributed by atoms with E-state index in [1.165, 1.54) is 0 Å². The molecule has 4 heteroatoms. The third-order valence-corrected chi connectivity index (χ3v) is 3.52. The number of carbonyl (C=O) groups excluding carboxylic acids is 1. The van der Waals surface area contributed by atoms with E-state index >= 15 is 0 Å². The van der Waals surface area contributed by atoms with Crippen molar-refractivity contribution in [2.24, 2.45) is 0 Å². The molecule has 1 amide bonds. The highest BCUT2D eigenvalue weighted by Crippen LogP contribution is 2.14. The first kappa shape index (κ1) is 11.6. The van der Waals surface area contributed by atoms with Crippen LogP contribution in [0.25, 0.3) is 0 Å². The molecular formula is C12H15BrN2O. The van der Waals surface area contributed by atoms with Crippen molar-refractivity contribution in [1.82, 2.24) is 10.2 Å². The van der Waals surface area contributed by atoms with Crippen LogP contribution in [0.2, 0.25) is 0 Å². The Bertz CT molecular complexity index is 371. The van der Waals surface area contributed by atoms with Crippen molar-refractivity contribution in [3.8, 4) is 0 Å². The molecule has 16 heavy (non-hydrogen) atoms. The Morgan fingerprint density at radius 3 is 2.69 bits per heavy atom. The van der Waals surface area contributed by atoms with Crippen LogP contribution in [0.1, 0.15) is 16.8 Å². The van der Waals surface area contributed by atoms with Crippen molar-refractivity contribution in [3.05, 3.63) is 34.3 Å². The molecule has 86 valence electrons. The molecule has 1 aromatic rings. The number of carbonyl (C=O) groups is 1. The van der Waals surface area contributed by atoms with E-state index in [4.69, 9.17) is 0 Å². The largest absolute Gasteiger partial charge is 0.337 e. The fourth-order valence-electron chi connectivity index (χ4n) is 1.93. The highest BCUT2D eigenvalue weighted by molar-refractivity contribution is 9.10. The Kier molecular flexibility index (Phi) is 3.61. The Hall–Kier alpha value is -0.870. The molecule has 1 aromatic carbocycles. The number of rotatable bonds is 2. The molecule has 0 bridgehead atoms. The van der Waals surface area contributed by atoms with Gasteiger partial charge in [-0.1, -0.05) is 15.9 Å². The summed E-state index contributed by atoms with van der Waals surface area (Å²) in [5.74, 6) is 0.0983. The molecule has 0 unspecified atom stereocenters. The summed E-state index contributed by atoms with van der Waals surface area (Å²) in [6.45, 7) is 1.90. The minimum atomic E-state index is 0.0983. The maximum atomic E-state index is 12.1. The summed E-state index contributed by atoms with van der Waals surface area (Å²) in [6, 6.07) is 7.83. The average Bonchev–Trinajstić information content (AvgIpc) is 2.81. The molecule has 0 spiro atoms. The van der Waals surface area contributed by atoms with Gasteiger partial charge in [0.2, 0.25) is 0 Å². The number of nitrogens with zero attached hydrogens (tertiary/aromatic N) is 1. The van der Waals surface area contributed by atoms with E-state index in [9.17, 15) is 4.79 Å². The van der Waals surface area contributed by atoms with E-state index in [-0.39, 0.29) is 5.91 Å². The van der Waals surface area contributed by atoms with Crippen LogP contribution < -0.4 is 5.32 Å². The van der Waals surface area contributed by atoms with Crippen molar-refractivity contribution in [2.45, 2.75) is 12.5 Å². The number of nitrogens with one attached hydrogen (secondary N) is 1. The number of likely N-dealkylation sites (N-methyl/N-ethyl adjacent to an activating group) is 1. The van der Waals surface area contributed by atoms with Gasteiger partial charge in [-0.3, -0.25) is 4.79 Å². The first-order chi connectivity index (χ1) is 7.68. The second-order valence-corrected chi connectivity index (χ2v) is 4.99. The molecule has 1 fully saturated rings. The Morgan fingerprint density at radius 2 is 2.12 bits per heavy atom. The fourth-order valence-corrected chi connectivity index (χ4v) is 2.20. The van der Waals surface area contributed by atoms with Gasteiger partial charge in [-0.05, 0) is 37.2 Å². The topological polar surface area (TPSA) is 32.3 Å². The number of amides is 1. The quantitative estimate of drug-likeness (QED) is 0.899. The number of hydrogen-bond donors (Lipinski definition) is 1. The first-order valence-electron chi connectivity index (χ1n) is 5.42. The zero-order valence-corrected chi connectivity index (χ0v) is 10.8. The van der Waals surface area contributed by atoms with Crippen LogP contribution in [0.3, 0.4) is 0 Å². The molecule has 1 saturated heterocycles. The van der Waals surface area contributed by atoms with E-state index in [2.05, 4.69) is 21.2 Å². The lowest BCUT2D eigenvalue weighted by Gasteiger charge is -2.23. The summed E-state index contributed by atoms with van der Waals surface area (Å²) in [6.07, 6.45) is 1.04. The summed E-state index contributed by atoms with van der Waals surface area (Å²) in [5, 5.41) is 3.27. The summed E-state index contributed by atoms with van der Waals surface area (Å²) in [4.78, 5) is 14.0. The van der Waals surface area contributed by atoms with Crippen LogP contribution in [0.5, 0.6) is 0 Å². The maximum absolute atomic E-state index is 12.1. The predicted molar refractivity (Wildman–Crippen MR) is 67.5 cm³/mol. The normalized spacial score (nSPS) is 19.8. The highest BCUT2D eigenvalue weighted by atomic mass is 79.9. The zero-order valence-electron chi connectivity index (χ0n) is 9.24. The summed E-state index contributed by atoms with van der Waals surface area (Å²) < 4.78 is 0.995. The predicted octanol–water partition coefficient (Wildman–Crippen LogP) is 1.88. The molecular weight excluding hydrogens is 268 g/mol. The monoisotopic (exact) mass is 282 g/mol. The SMILES string of the molecule is CN(C(=O)c1ccc(Br)cc1)[C@H]1CCNC1. The van der Waals surface area contributed by atoms with Crippen LogP contribution in [-0.2, 0) is 0 Å². The van der Waals surface area contributed by atoms with E-state index in [1.807, 2.05) is 36.2 Å². The van der Waals surface area contributed by atoms with Crippen LogP contribution in [0, 0.1) is 0 Å². The summed E-state index contributed by atoms with van der Waals surface area (Å²) in [7, 11) is 1.88. The lowest BCUT2D eigenvalue weighted by molar-refractivity contribution is 0.0744. The van der Waals surface area contributed by atoms with Crippen molar-refractivity contribution in [3.63, 3.8) is 0 Å². The van der Waals surface area contributed by atoms with Crippen molar-refractivity contribution in [2.75, 3.05) is 20.1 Å². The van der Waals surface area contributed by atoms with Gasteiger partial charge in [-0.2, -0.15) is 0 Å². The van der Waals surface area contributed by atoms with Gasteiger partial charge >= 0.3 is 0 Å². The van der Waals surface area contributed by atoms with Gasteiger partial charge in [0.15, 0.2) is 0 Å². The van der Waals surface area contributed by atoms with Crippen LogP contribution >= 0.6 is 15.9 Å². The van der Waals surface area contributed by atoms with Crippen LogP contribution in [-0.4, -0.2) is 37.0 Å². The van der Waals surface area contributed by atoms with Crippen LogP contribution in [0.15, 0.2) is 28.7 Å². The fraction of sp³-hybridized carbons (Fsp3) is 0.417. The Morgan fingerprint density at radius 1 is 1.44 bits per heavy atom. The summed E-state index contributed by atoms with van der Waals surface area (Å²) in [5.41, 5.74) is 0.748. The van der Waals surface area contributed by atoms with Crippen molar-refractivity contribution < 1.29 is 4.79 Å².